The average molecular weight is 578 g/mol. The second-order valence-corrected chi connectivity index (χ2v) is 10.3. The molecule has 1 aliphatic heterocycles. The van der Waals surface area contributed by atoms with Crippen LogP contribution in [0.1, 0.15) is 29.9 Å². The molecule has 42 heavy (non-hydrogen) atoms. The summed E-state index contributed by atoms with van der Waals surface area (Å²) in [6.07, 6.45) is 1.58. The molecule has 0 radical (unpaired) electrons. The summed E-state index contributed by atoms with van der Waals surface area (Å²) >= 11 is 1.17. The van der Waals surface area contributed by atoms with Crippen LogP contribution < -0.4 is 14.9 Å². The topological polar surface area (TPSA) is 117 Å². The first-order valence-corrected chi connectivity index (χ1v) is 13.9. The maximum atomic E-state index is 14.0. The van der Waals surface area contributed by atoms with Crippen LogP contribution in [-0.2, 0) is 9.53 Å². The van der Waals surface area contributed by atoms with Gasteiger partial charge in [0.15, 0.2) is 4.80 Å². The zero-order valence-electron chi connectivity index (χ0n) is 22.3. The molecule has 9 nitrogen and oxygen atoms in total. The molecule has 0 saturated heterocycles. The molecule has 3 heterocycles. The molecule has 3 aromatic carbocycles. The summed E-state index contributed by atoms with van der Waals surface area (Å²) < 4.78 is 13.2. The first kappa shape index (κ1) is 26.9. The lowest BCUT2D eigenvalue weighted by Crippen LogP contribution is -2.39. The molecule has 0 bridgehead atoms. The number of hydrogen-bond donors (Lipinski definition) is 0. The Kier molecular flexibility index (Phi) is 7.20. The summed E-state index contributed by atoms with van der Waals surface area (Å²) in [6, 6.07) is 27.4. The number of hydrogen-bond acceptors (Lipinski definition) is 8. The number of esters is 1. The first-order valence-electron chi connectivity index (χ1n) is 13.1. The number of benzene rings is 3. The predicted molar refractivity (Wildman–Crippen MR) is 158 cm³/mol. The largest absolute Gasteiger partial charge is 0.463 e. The molecule has 5 aromatic rings. The molecule has 2 aromatic heterocycles. The van der Waals surface area contributed by atoms with Crippen LogP contribution >= 0.6 is 11.3 Å². The van der Waals surface area contributed by atoms with Gasteiger partial charge in [0, 0.05) is 17.7 Å². The lowest BCUT2D eigenvalue weighted by atomic mass is 9.93. The molecular weight excluding hydrogens is 554 g/mol. The number of aromatic nitrogens is 1. The third-order valence-electron chi connectivity index (χ3n) is 6.76. The van der Waals surface area contributed by atoms with Gasteiger partial charge in [0.2, 0.25) is 0 Å². The summed E-state index contributed by atoms with van der Waals surface area (Å²) in [5, 5.41) is 11.5. The molecule has 10 heteroatoms. The summed E-state index contributed by atoms with van der Waals surface area (Å²) in [5.41, 5.74) is 2.05. The van der Waals surface area contributed by atoms with Crippen molar-refractivity contribution >= 4 is 34.8 Å². The van der Waals surface area contributed by atoms with Crippen LogP contribution in [0.5, 0.6) is 0 Å². The number of para-hydroxylation sites is 1. The third-order valence-corrected chi connectivity index (χ3v) is 7.74. The normalized spacial score (nSPS) is 14.8. The van der Waals surface area contributed by atoms with Crippen molar-refractivity contribution in [2.45, 2.75) is 13.0 Å². The van der Waals surface area contributed by atoms with Gasteiger partial charge in [0.25, 0.3) is 11.2 Å². The van der Waals surface area contributed by atoms with Crippen molar-refractivity contribution in [1.29, 1.82) is 0 Å². The highest BCUT2D eigenvalue weighted by Gasteiger charge is 2.35. The Morgan fingerprint density at radius 2 is 1.71 bits per heavy atom. The number of rotatable bonds is 7. The Bertz CT molecular complexity index is 2020. The fourth-order valence-electron chi connectivity index (χ4n) is 4.94. The minimum absolute atomic E-state index is 0.0828. The van der Waals surface area contributed by atoms with Gasteiger partial charge in [-0.05, 0) is 30.7 Å². The molecule has 0 fully saturated rings. The molecule has 0 unspecified atom stereocenters. The second kappa shape index (κ2) is 11.3. The van der Waals surface area contributed by atoms with E-state index in [9.17, 15) is 19.7 Å². The van der Waals surface area contributed by atoms with Crippen molar-refractivity contribution in [3.8, 4) is 11.3 Å². The van der Waals surface area contributed by atoms with E-state index < -0.39 is 16.9 Å². The molecule has 1 aliphatic rings. The molecular formula is C32H23N3O6S. The lowest BCUT2D eigenvalue weighted by molar-refractivity contribution is -0.384. The lowest BCUT2D eigenvalue weighted by Gasteiger charge is -2.25. The number of nitro benzene ring substituents is 1. The number of nitro groups is 1. The van der Waals surface area contributed by atoms with Gasteiger partial charge < -0.3 is 9.15 Å². The van der Waals surface area contributed by atoms with Crippen LogP contribution in [0.4, 0.5) is 5.69 Å². The third kappa shape index (κ3) is 4.88. The standard InChI is InChI=1S/C32H23N3O6S/c1-2-40-31(37)27-28(20-11-5-3-6-12-20)33-32-34(29(27)21-13-7-4-8-14-21)30(36)26(42-32)19-22-17-18-25(41-22)23-15-9-10-16-24(23)35(38)39/h3-19,29H,2H2,1H3/b26-19-/t29-/m1/s1. The van der Waals surface area contributed by atoms with Gasteiger partial charge in [-0.3, -0.25) is 19.5 Å². The van der Waals surface area contributed by atoms with E-state index in [0.717, 1.165) is 11.1 Å². The van der Waals surface area contributed by atoms with E-state index in [-0.39, 0.29) is 23.4 Å². The first-order chi connectivity index (χ1) is 20.5. The maximum Gasteiger partial charge on any atom is 0.338 e. The number of nitrogens with zero attached hydrogens (tertiary/aromatic N) is 3. The monoisotopic (exact) mass is 577 g/mol. The fourth-order valence-corrected chi connectivity index (χ4v) is 5.92. The fraction of sp³-hybridized carbons (Fsp3) is 0.0938. The van der Waals surface area contributed by atoms with Crippen molar-refractivity contribution in [3.05, 3.63) is 149 Å². The number of carbonyl (C=O) groups excluding carboxylic acids is 1. The quantitative estimate of drug-likeness (QED) is 0.151. The van der Waals surface area contributed by atoms with Crippen LogP contribution in [0.3, 0.4) is 0 Å². The van der Waals surface area contributed by atoms with Crippen LogP contribution in [-0.4, -0.2) is 22.1 Å². The molecule has 0 N–H and O–H groups in total. The summed E-state index contributed by atoms with van der Waals surface area (Å²) in [7, 11) is 0. The summed E-state index contributed by atoms with van der Waals surface area (Å²) in [6.45, 7) is 1.89. The van der Waals surface area contributed by atoms with Crippen molar-refractivity contribution in [1.82, 2.24) is 4.57 Å². The Morgan fingerprint density at radius 1 is 1.02 bits per heavy atom. The van der Waals surface area contributed by atoms with Crippen molar-refractivity contribution in [2.75, 3.05) is 6.61 Å². The summed E-state index contributed by atoms with van der Waals surface area (Å²) in [4.78, 5) is 43.7. The Balaban J connectivity index is 1.55. The smallest absolute Gasteiger partial charge is 0.338 e. The van der Waals surface area contributed by atoms with Gasteiger partial charge in [-0.1, -0.05) is 84.1 Å². The van der Waals surface area contributed by atoms with Crippen molar-refractivity contribution in [2.24, 2.45) is 4.99 Å². The van der Waals surface area contributed by atoms with Gasteiger partial charge in [0.1, 0.15) is 11.5 Å². The minimum Gasteiger partial charge on any atom is -0.463 e. The van der Waals surface area contributed by atoms with Crippen molar-refractivity contribution < 1.29 is 18.9 Å². The van der Waals surface area contributed by atoms with Gasteiger partial charge in [-0.15, -0.1) is 0 Å². The highest BCUT2D eigenvalue weighted by Crippen LogP contribution is 2.35. The molecule has 0 saturated carbocycles. The van der Waals surface area contributed by atoms with E-state index in [0.29, 0.717) is 32.1 Å². The molecule has 0 amide bonds. The number of fused-ring (bicyclic) bond motifs is 1. The Hall–Kier alpha value is -5.35. The van der Waals surface area contributed by atoms with Crippen molar-refractivity contribution in [3.63, 3.8) is 0 Å². The van der Waals surface area contributed by atoms with Crippen LogP contribution in [0.25, 0.3) is 23.1 Å². The molecule has 6 rings (SSSR count). The minimum atomic E-state index is -0.780. The average Bonchev–Trinajstić information content (AvgIpc) is 3.61. The SMILES string of the molecule is CCOC(=O)C1=C(c2ccccc2)N=c2s/c(=C\c3ccc(-c4ccccc4[N+](=O)[O-])o3)c(=O)n2[C@@H]1c1ccccc1. The van der Waals surface area contributed by atoms with E-state index in [2.05, 4.69) is 0 Å². The van der Waals surface area contributed by atoms with E-state index >= 15 is 0 Å². The van der Waals surface area contributed by atoms with Gasteiger partial charge in [-0.2, -0.15) is 0 Å². The number of carbonyl (C=O) groups is 1. The predicted octanol–water partition coefficient (Wildman–Crippen LogP) is 5.10. The summed E-state index contributed by atoms with van der Waals surface area (Å²) in [5.74, 6) is 0.0976. The zero-order valence-corrected chi connectivity index (χ0v) is 23.1. The Morgan fingerprint density at radius 3 is 2.43 bits per heavy atom. The Labute approximate surface area is 243 Å². The number of thiazole rings is 1. The highest BCUT2D eigenvalue weighted by atomic mass is 32.1. The zero-order chi connectivity index (χ0) is 29.2. The van der Waals surface area contributed by atoms with E-state index in [1.54, 1.807) is 43.3 Å². The van der Waals surface area contributed by atoms with Crippen LogP contribution in [0.2, 0.25) is 0 Å². The number of ether oxygens (including phenoxy) is 1. The van der Waals surface area contributed by atoms with E-state index in [4.69, 9.17) is 14.1 Å². The number of furan rings is 1. The maximum absolute atomic E-state index is 14.0. The molecule has 0 spiro atoms. The molecule has 208 valence electrons. The highest BCUT2D eigenvalue weighted by molar-refractivity contribution is 7.07. The second-order valence-electron chi connectivity index (χ2n) is 9.32. The van der Waals surface area contributed by atoms with Gasteiger partial charge >= 0.3 is 5.97 Å². The van der Waals surface area contributed by atoms with E-state index in [1.165, 1.54) is 22.0 Å². The molecule has 1 atom stereocenters. The van der Waals surface area contributed by atoms with Crippen LogP contribution in [0, 0.1) is 10.1 Å². The van der Waals surface area contributed by atoms with Gasteiger partial charge in [-0.25, -0.2) is 9.79 Å². The van der Waals surface area contributed by atoms with Gasteiger partial charge in [0.05, 0.1) is 38.9 Å². The molecule has 0 aliphatic carbocycles. The van der Waals surface area contributed by atoms with Crippen LogP contribution in [0.15, 0.2) is 117 Å². The van der Waals surface area contributed by atoms with E-state index in [1.807, 2.05) is 60.7 Å².